The fourth-order valence-corrected chi connectivity index (χ4v) is 3.05. The van der Waals surface area contributed by atoms with E-state index in [-0.39, 0.29) is 6.04 Å². The number of aliphatic imine (C=N–C) groups is 1. The maximum Gasteiger partial charge on any atom is 0.220 e. The summed E-state index contributed by atoms with van der Waals surface area (Å²) in [7, 11) is -1.17. The van der Waals surface area contributed by atoms with Crippen LogP contribution >= 0.6 is 15.9 Å². The Bertz CT molecular complexity index is 613. The van der Waals surface area contributed by atoms with Crippen molar-refractivity contribution in [3.05, 3.63) is 16.2 Å². The molecule has 2 aliphatic rings. The maximum atomic E-state index is 11.5. The molecule has 3 rings (SSSR count). The lowest BCUT2D eigenvalue weighted by atomic mass is 10.2. The van der Waals surface area contributed by atoms with Crippen molar-refractivity contribution in [2.45, 2.75) is 18.1 Å². The fraction of sp³-hybridized carbons (Fsp3) is 0.364. The zero-order valence-electron chi connectivity index (χ0n) is 9.92. The van der Waals surface area contributed by atoms with Crippen LogP contribution in [0.1, 0.15) is 12.5 Å². The minimum Gasteiger partial charge on any atom is -0.308 e. The number of fused-ring (bicyclic) bond motifs is 3. The van der Waals surface area contributed by atoms with Gasteiger partial charge in [-0.3, -0.25) is 9.20 Å². The van der Waals surface area contributed by atoms with E-state index in [4.69, 9.17) is 0 Å². The molecule has 0 saturated carbocycles. The predicted molar refractivity (Wildman–Crippen MR) is 75.5 cm³/mol. The van der Waals surface area contributed by atoms with Crippen LogP contribution in [0.15, 0.2) is 20.8 Å². The highest BCUT2D eigenvalue weighted by atomic mass is 79.9. The summed E-state index contributed by atoms with van der Waals surface area (Å²) in [5.41, 5.74) is 0.920. The SMILES string of the molecule is CC1CN2C(=N1)C(Br)=Cc1cnc(S(C)=O)nc12. The van der Waals surface area contributed by atoms with E-state index in [1.54, 1.807) is 12.5 Å². The second kappa shape index (κ2) is 4.24. The van der Waals surface area contributed by atoms with Crippen molar-refractivity contribution in [2.24, 2.45) is 4.99 Å². The first-order valence-electron chi connectivity index (χ1n) is 5.49. The number of amidine groups is 1. The van der Waals surface area contributed by atoms with Crippen LogP contribution in [0.3, 0.4) is 0 Å². The molecule has 3 heterocycles. The molecule has 7 heteroatoms. The van der Waals surface area contributed by atoms with Gasteiger partial charge in [-0.15, -0.1) is 0 Å². The van der Waals surface area contributed by atoms with Crippen LogP contribution in [-0.2, 0) is 10.8 Å². The van der Waals surface area contributed by atoms with E-state index in [2.05, 4.69) is 37.8 Å². The van der Waals surface area contributed by atoms with Crippen molar-refractivity contribution in [3.8, 4) is 0 Å². The number of hydrogen-bond acceptors (Lipinski definition) is 5. The third-order valence-corrected chi connectivity index (χ3v) is 4.12. The fourth-order valence-electron chi connectivity index (χ4n) is 2.07. The molecule has 18 heavy (non-hydrogen) atoms. The van der Waals surface area contributed by atoms with Gasteiger partial charge in [-0.25, -0.2) is 9.97 Å². The Kier molecular flexibility index (Phi) is 2.82. The van der Waals surface area contributed by atoms with Crippen LogP contribution in [0.5, 0.6) is 0 Å². The van der Waals surface area contributed by atoms with Gasteiger partial charge in [0.05, 0.1) is 21.3 Å². The first-order chi connectivity index (χ1) is 8.56. The van der Waals surface area contributed by atoms with E-state index in [1.165, 1.54) is 0 Å². The van der Waals surface area contributed by atoms with Crippen LogP contribution < -0.4 is 4.90 Å². The molecule has 1 aromatic rings. The Hall–Kier alpha value is -1.08. The number of rotatable bonds is 1. The second-order valence-corrected chi connectivity index (χ2v) is 6.42. The first-order valence-corrected chi connectivity index (χ1v) is 7.84. The average Bonchev–Trinajstić information content (AvgIpc) is 2.71. The summed E-state index contributed by atoms with van der Waals surface area (Å²) in [5.74, 6) is 1.68. The summed E-state index contributed by atoms with van der Waals surface area (Å²) in [5, 5.41) is 0.360. The molecule has 0 saturated heterocycles. The van der Waals surface area contributed by atoms with Crippen molar-refractivity contribution in [1.82, 2.24) is 9.97 Å². The van der Waals surface area contributed by atoms with E-state index in [0.29, 0.717) is 5.16 Å². The quantitative estimate of drug-likeness (QED) is 0.735. The molecule has 0 spiro atoms. The molecule has 1 aromatic heterocycles. The van der Waals surface area contributed by atoms with Crippen molar-refractivity contribution in [2.75, 3.05) is 17.7 Å². The molecule has 2 aliphatic heterocycles. The summed E-state index contributed by atoms with van der Waals surface area (Å²) >= 11 is 3.51. The monoisotopic (exact) mass is 326 g/mol. The maximum absolute atomic E-state index is 11.5. The molecule has 0 amide bonds. The molecule has 0 radical (unpaired) electrons. The third kappa shape index (κ3) is 1.81. The van der Waals surface area contributed by atoms with Gasteiger partial charge in [0.1, 0.15) is 11.7 Å². The summed E-state index contributed by atoms with van der Waals surface area (Å²) in [6.45, 7) is 2.85. The predicted octanol–water partition coefficient (Wildman–Crippen LogP) is 1.57. The normalized spacial score (nSPS) is 23.1. The van der Waals surface area contributed by atoms with E-state index >= 15 is 0 Å². The lowest BCUT2D eigenvalue weighted by Gasteiger charge is -2.25. The number of halogens is 1. The summed E-state index contributed by atoms with van der Waals surface area (Å²) in [6.07, 6.45) is 5.24. The zero-order valence-corrected chi connectivity index (χ0v) is 12.3. The first kappa shape index (κ1) is 12.0. The van der Waals surface area contributed by atoms with Gasteiger partial charge in [0.25, 0.3) is 0 Å². The molecule has 2 atom stereocenters. The number of anilines is 1. The van der Waals surface area contributed by atoms with Gasteiger partial charge in [-0.05, 0) is 28.9 Å². The number of aromatic nitrogens is 2. The Labute approximate surface area is 116 Å². The topological polar surface area (TPSA) is 58.5 Å². The highest BCUT2D eigenvalue weighted by Crippen LogP contribution is 2.33. The number of nitrogens with zero attached hydrogens (tertiary/aromatic N) is 4. The molecular weight excluding hydrogens is 316 g/mol. The zero-order chi connectivity index (χ0) is 12.9. The molecule has 2 unspecified atom stereocenters. The Morgan fingerprint density at radius 2 is 2.33 bits per heavy atom. The van der Waals surface area contributed by atoms with E-state index in [1.807, 2.05) is 11.0 Å². The molecule has 0 fully saturated rings. The summed E-state index contributed by atoms with van der Waals surface area (Å²) in [6, 6.07) is 0.234. The van der Waals surface area contributed by atoms with Crippen molar-refractivity contribution >= 4 is 44.5 Å². The minimum atomic E-state index is -1.17. The van der Waals surface area contributed by atoms with Crippen LogP contribution in [0.4, 0.5) is 5.82 Å². The lowest BCUT2D eigenvalue weighted by molar-refractivity contribution is 0.679. The Morgan fingerprint density at radius 3 is 3.06 bits per heavy atom. The van der Waals surface area contributed by atoms with Crippen LogP contribution in [-0.4, -0.2) is 38.9 Å². The molecule has 0 bridgehead atoms. The Balaban J connectivity index is 2.16. The Morgan fingerprint density at radius 1 is 1.56 bits per heavy atom. The standard InChI is InChI=1S/C11H11BrN4OS/c1-6-5-16-9-7(3-8(12)10(16)14-6)4-13-11(15-9)18(2)17/h3-4,6H,5H2,1-2H3. The van der Waals surface area contributed by atoms with Gasteiger partial charge in [-0.1, -0.05) is 0 Å². The smallest absolute Gasteiger partial charge is 0.220 e. The van der Waals surface area contributed by atoms with E-state index in [0.717, 1.165) is 28.2 Å². The van der Waals surface area contributed by atoms with Gasteiger partial charge in [0.15, 0.2) is 0 Å². The van der Waals surface area contributed by atoms with Crippen LogP contribution in [0.2, 0.25) is 0 Å². The van der Waals surface area contributed by atoms with Gasteiger partial charge in [-0.2, -0.15) is 0 Å². The molecule has 0 N–H and O–H groups in total. The van der Waals surface area contributed by atoms with Gasteiger partial charge in [0.2, 0.25) is 5.16 Å². The van der Waals surface area contributed by atoms with Crippen LogP contribution in [0.25, 0.3) is 6.08 Å². The molecule has 94 valence electrons. The van der Waals surface area contributed by atoms with Crippen molar-refractivity contribution in [1.29, 1.82) is 0 Å². The van der Waals surface area contributed by atoms with Gasteiger partial charge >= 0.3 is 0 Å². The average molecular weight is 327 g/mol. The minimum absolute atomic E-state index is 0.234. The second-order valence-electron chi connectivity index (χ2n) is 4.29. The molecule has 5 nitrogen and oxygen atoms in total. The lowest BCUT2D eigenvalue weighted by Crippen LogP contribution is -2.32. The van der Waals surface area contributed by atoms with Gasteiger partial charge in [0, 0.05) is 24.6 Å². The van der Waals surface area contributed by atoms with Crippen molar-refractivity contribution < 1.29 is 4.21 Å². The van der Waals surface area contributed by atoms with E-state index < -0.39 is 10.8 Å². The highest BCUT2D eigenvalue weighted by molar-refractivity contribution is 9.12. The molecule has 0 aromatic carbocycles. The largest absolute Gasteiger partial charge is 0.308 e. The molecular formula is C11H11BrN4OS. The van der Waals surface area contributed by atoms with Crippen LogP contribution in [0, 0.1) is 0 Å². The summed E-state index contributed by atoms with van der Waals surface area (Å²) < 4.78 is 12.4. The highest BCUT2D eigenvalue weighted by Gasteiger charge is 2.31. The van der Waals surface area contributed by atoms with E-state index in [9.17, 15) is 4.21 Å². The molecule has 0 aliphatic carbocycles. The van der Waals surface area contributed by atoms with Crippen molar-refractivity contribution in [3.63, 3.8) is 0 Å². The third-order valence-electron chi connectivity index (χ3n) is 2.83. The summed E-state index contributed by atoms with van der Waals surface area (Å²) in [4.78, 5) is 15.1. The van der Waals surface area contributed by atoms with Gasteiger partial charge < -0.3 is 4.90 Å². The number of hydrogen-bond donors (Lipinski definition) is 0.